The van der Waals surface area contributed by atoms with Crippen LogP contribution in [0.2, 0.25) is 0 Å². The predicted molar refractivity (Wildman–Crippen MR) is 181 cm³/mol. The second-order valence-corrected chi connectivity index (χ2v) is 11.9. The third kappa shape index (κ3) is 11.6. The standard InChI is InChI=1S/C38H42N2O10/c1-47-37(45)31-22-25-14-18-29(19-15-25)49-33(41)12-7-5-3-4-6-8-13-34(42)50-30-20-16-26(17-21-30)23-32(38(46)48-2)40-36(44)28-11-9-10-27(24-28)35(43)39-31/h9-11,14-21,24,31-32H,3-8,12-13,22-23H2,1-2H3,(H,39,43)(H,40,44)/t31-,32-/m0/s1. The summed E-state index contributed by atoms with van der Waals surface area (Å²) in [7, 11) is 2.43. The van der Waals surface area contributed by atoms with Crippen LogP contribution in [0.15, 0.2) is 72.8 Å². The molecule has 2 atom stereocenters. The van der Waals surface area contributed by atoms with Crippen LogP contribution < -0.4 is 20.1 Å². The van der Waals surface area contributed by atoms with Crippen LogP contribution in [0.25, 0.3) is 0 Å². The lowest BCUT2D eigenvalue weighted by Gasteiger charge is -2.18. The van der Waals surface area contributed by atoms with Gasteiger partial charge in [0.2, 0.25) is 0 Å². The number of carbonyl (C=O) groups is 6. The minimum absolute atomic E-state index is 0.0922. The lowest BCUT2D eigenvalue weighted by atomic mass is 10.0. The molecule has 3 aromatic carbocycles. The maximum atomic E-state index is 13.3. The van der Waals surface area contributed by atoms with E-state index in [0.29, 0.717) is 35.5 Å². The van der Waals surface area contributed by atoms with Crippen LogP contribution in [0.1, 0.15) is 83.2 Å². The normalized spacial score (nSPS) is 18.8. The number of carbonyl (C=O) groups excluding carboxylic acids is 6. The molecule has 2 amide bonds. The fourth-order valence-corrected chi connectivity index (χ4v) is 5.43. The lowest BCUT2D eigenvalue weighted by molar-refractivity contribution is -0.143. The van der Waals surface area contributed by atoms with Gasteiger partial charge in [-0.25, -0.2) is 9.59 Å². The highest BCUT2D eigenvalue weighted by Gasteiger charge is 2.25. The van der Waals surface area contributed by atoms with Gasteiger partial charge in [0.15, 0.2) is 0 Å². The number of hydrogen-bond acceptors (Lipinski definition) is 10. The van der Waals surface area contributed by atoms with Crippen molar-refractivity contribution >= 4 is 35.7 Å². The van der Waals surface area contributed by atoms with Crippen LogP contribution in [0, 0.1) is 0 Å². The molecule has 264 valence electrons. The van der Waals surface area contributed by atoms with Crippen molar-refractivity contribution in [2.45, 2.75) is 76.3 Å². The first kappa shape index (κ1) is 37.3. The number of amides is 2. The lowest BCUT2D eigenvalue weighted by Crippen LogP contribution is -2.44. The molecule has 12 heteroatoms. The van der Waals surface area contributed by atoms with E-state index in [0.717, 1.165) is 25.7 Å². The van der Waals surface area contributed by atoms with Gasteiger partial charge >= 0.3 is 23.9 Å². The summed E-state index contributed by atoms with van der Waals surface area (Å²) >= 11 is 0. The molecule has 4 heterocycles. The largest absolute Gasteiger partial charge is 0.467 e. The zero-order valence-corrected chi connectivity index (χ0v) is 28.2. The number of esters is 4. The molecule has 12 nitrogen and oxygen atoms in total. The number of rotatable bonds is 2. The van der Waals surface area contributed by atoms with Gasteiger partial charge in [0, 0.05) is 36.8 Å². The maximum Gasteiger partial charge on any atom is 0.328 e. The summed E-state index contributed by atoms with van der Waals surface area (Å²) in [5, 5.41) is 5.34. The van der Waals surface area contributed by atoms with Crippen LogP contribution in [0.3, 0.4) is 0 Å². The van der Waals surface area contributed by atoms with Crippen LogP contribution in [-0.4, -0.2) is 62.0 Å². The molecule has 0 radical (unpaired) electrons. The Balaban J connectivity index is 1.53. The SMILES string of the molecule is COC(=O)[C@@H]1Cc2ccc(cc2)OC(=O)CCCCCCCCC(=O)Oc2ccc(cc2)C[C@@H](C(=O)OC)NC(=O)c2cccc(c2)C(=O)N1. The van der Waals surface area contributed by atoms with E-state index in [1.165, 1.54) is 38.5 Å². The van der Waals surface area contributed by atoms with Crippen molar-refractivity contribution in [1.82, 2.24) is 10.6 Å². The Morgan fingerprint density at radius 3 is 1.34 bits per heavy atom. The van der Waals surface area contributed by atoms with E-state index in [1.807, 2.05) is 0 Å². The summed E-state index contributed by atoms with van der Waals surface area (Å²) in [6, 6.07) is 17.0. The topological polar surface area (TPSA) is 163 Å². The van der Waals surface area contributed by atoms with E-state index < -0.39 is 35.8 Å². The summed E-state index contributed by atoms with van der Waals surface area (Å²) in [5.41, 5.74) is 1.56. The second kappa shape index (κ2) is 18.9. The Kier molecular flexibility index (Phi) is 14.1. The third-order valence-electron chi connectivity index (χ3n) is 8.17. The molecule has 0 unspecified atom stereocenters. The monoisotopic (exact) mass is 686 g/mol. The van der Waals surface area contributed by atoms with Crippen molar-refractivity contribution in [3.8, 4) is 11.5 Å². The molecule has 0 fully saturated rings. The van der Waals surface area contributed by atoms with E-state index in [1.54, 1.807) is 48.5 Å². The molecule has 0 aliphatic carbocycles. The number of hydrogen-bond donors (Lipinski definition) is 2. The Bertz CT molecular complexity index is 1530. The van der Waals surface area contributed by atoms with Crippen LogP contribution in [-0.2, 0) is 41.5 Å². The highest BCUT2D eigenvalue weighted by Crippen LogP contribution is 2.18. The highest BCUT2D eigenvalue weighted by atomic mass is 16.5. The third-order valence-corrected chi connectivity index (χ3v) is 8.17. The van der Waals surface area contributed by atoms with Gasteiger partial charge in [-0.05, 0) is 66.4 Å². The van der Waals surface area contributed by atoms with Gasteiger partial charge in [-0.1, -0.05) is 56.0 Å². The fraction of sp³-hybridized carbons (Fsp3) is 0.368. The molecule has 0 saturated carbocycles. The van der Waals surface area contributed by atoms with Crippen molar-refractivity contribution in [2.75, 3.05) is 14.2 Å². The van der Waals surface area contributed by atoms with Crippen molar-refractivity contribution in [3.63, 3.8) is 0 Å². The molecule has 0 aromatic heterocycles. The maximum absolute atomic E-state index is 13.3. The second-order valence-electron chi connectivity index (χ2n) is 11.9. The molecular weight excluding hydrogens is 644 g/mol. The first-order chi connectivity index (χ1) is 24.1. The summed E-state index contributed by atoms with van der Waals surface area (Å²) in [6.07, 6.45) is 5.66. The average molecular weight is 687 g/mol. The highest BCUT2D eigenvalue weighted by molar-refractivity contribution is 6.01. The Labute approximate surface area is 290 Å². The molecule has 4 aliphatic rings. The summed E-state index contributed by atoms with van der Waals surface area (Å²) in [6.45, 7) is 0. The molecule has 7 rings (SSSR count). The molecule has 3 aromatic rings. The van der Waals surface area contributed by atoms with Crippen molar-refractivity contribution in [1.29, 1.82) is 0 Å². The minimum atomic E-state index is -1.05. The molecule has 2 N–H and O–H groups in total. The van der Waals surface area contributed by atoms with E-state index in [2.05, 4.69) is 10.6 Å². The van der Waals surface area contributed by atoms with Crippen LogP contribution >= 0.6 is 0 Å². The van der Waals surface area contributed by atoms with Gasteiger partial charge < -0.3 is 29.6 Å². The zero-order chi connectivity index (χ0) is 35.9. The number of nitrogens with one attached hydrogen (secondary N) is 2. The zero-order valence-electron chi connectivity index (χ0n) is 28.2. The van der Waals surface area contributed by atoms with E-state index in [4.69, 9.17) is 18.9 Å². The molecule has 0 saturated heterocycles. The van der Waals surface area contributed by atoms with Gasteiger partial charge in [0.1, 0.15) is 23.6 Å². The van der Waals surface area contributed by atoms with Crippen LogP contribution in [0.4, 0.5) is 0 Å². The Hall–Kier alpha value is -5.52. The average Bonchev–Trinajstić information content (AvgIpc) is 3.12. The number of ether oxygens (including phenoxy) is 4. The summed E-state index contributed by atoms with van der Waals surface area (Å²) in [4.78, 5) is 76.5. The van der Waals surface area contributed by atoms with Crippen molar-refractivity contribution < 1.29 is 47.7 Å². The molecule has 4 aliphatic heterocycles. The summed E-state index contributed by atoms with van der Waals surface area (Å²) in [5.74, 6) is -2.56. The van der Waals surface area contributed by atoms with Gasteiger partial charge in [-0.15, -0.1) is 0 Å². The molecular formula is C38H42N2O10. The minimum Gasteiger partial charge on any atom is -0.467 e. The van der Waals surface area contributed by atoms with E-state index in [-0.39, 0.29) is 48.7 Å². The molecule has 6 bridgehead atoms. The first-order valence-corrected chi connectivity index (χ1v) is 16.6. The van der Waals surface area contributed by atoms with Crippen molar-refractivity contribution in [2.24, 2.45) is 0 Å². The van der Waals surface area contributed by atoms with Gasteiger partial charge in [0.25, 0.3) is 11.8 Å². The Morgan fingerprint density at radius 1 is 0.580 bits per heavy atom. The van der Waals surface area contributed by atoms with E-state index >= 15 is 0 Å². The smallest absolute Gasteiger partial charge is 0.328 e. The number of methoxy groups -OCH3 is 2. The van der Waals surface area contributed by atoms with Crippen molar-refractivity contribution in [3.05, 3.63) is 95.1 Å². The fourth-order valence-electron chi connectivity index (χ4n) is 5.43. The molecule has 0 spiro atoms. The quantitative estimate of drug-likeness (QED) is 0.286. The van der Waals surface area contributed by atoms with Gasteiger partial charge in [-0.3, -0.25) is 19.2 Å². The molecule has 50 heavy (non-hydrogen) atoms. The van der Waals surface area contributed by atoms with Gasteiger partial charge in [0.05, 0.1) is 14.2 Å². The summed E-state index contributed by atoms with van der Waals surface area (Å²) < 4.78 is 20.7. The van der Waals surface area contributed by atoms with Crippen LogP contribution in [0.5, 0.6) is 11.5 Å². The predicted octanol–water partition coefficient (Wildman–Crippen LogP) is 4.66. The Morgan fingerprint density at radius 2 is 0.960 bits per heavy atom. The van der Waals surface area contributed by atoms with E-state index in [9.17, 15) is 28.8 Å². The van der Waals surface area contributed by atoms with Gasteiger partial charge in [-0.2, -0.15) is 0 Å². The first-order valence-electron chi connectivity index (χ1n) is 16.6. The number of benzene rings is 3.